The largest absolute Gasteiger partial charge is 0.323 e. The maximum Gasteiger partial charge on any atom is 0.264 e. The minimum absolute atomic E-state index is 0.0491. The van der Waals surface area contributed by atoms with E-state index in [1.54, 1.807) is 6.08 Å². The van der Waals surface area contributed by atoms with Gasteiger partial charge < -0.3 is 4.90 Å². The quantitative estimate of drug-likeness (QED) is 0.575. The topological polar surface area (TPSA) is 16.1 Å². The van der Waals surface area contributed by atoms with E-state index in [0.29, 0.717) is 23.8 Å². The predicted octanol–water partition coefficient (Wildman–Crippen LogP) is 6.02. The average molecular weight is 386 g/mol. The summed E-state index contributed by atoms with van der Waals surface area (Å²) < 4.78 is 27.7. The number of alkyl halides is 2. The zero-order chi connectivity index (χ0) is 20.9. The molecule has 1 aromatic rings. The van der Waals surface area contributed by atoms with Crippen molar-refractivity contribution in [3.8, 4) is 0 Å². The minimum Gasteiger partial charge on any atom is -0.323 e. The molecule has 1 fully saturated rings. The Morgan fingerprint density at radius 1 is 1.14 bits per heavy atom. The maximum atomic E-state index is 13.9. The summed E-state index contributed by atoms with van der Waals surface area (Å²) in [5.41, 5.74) is 2.75. The first-order valence-electron chi connectivity index (χ1n) is 10.5. The van der Waals surface area contributed by atoms with Gasteiger partial charge in [0.15, 0.2) is 6.71 Å². The number of pyridine rings is 1. The molecule has 0 saturated carbocycles. The molecule has 1 saturated heterocycles. The summed E-state index contributed by atoms with van der Waals surface area (Å²) in [6.45, 7) is 17.9. The lowest BCUT2D eigenvalue weighted by Gasteiger charge is -2.37. The molecule has 2 aliphatic heterocycles. The van der Waals surface area contributed by atoms with Crippen molar-refractivity contribution in [3.63, 3.8) is 0 Å². The standard InChI is InChI=1S/C23H33BF2N2/c1-8-17(9-2)28-15(3)10-18(20(25)26)19-11-16(12-27-21(19)28)24-13-22(4,5)23(6,7)14-24/h10-12,17,20H,3,8-9,13-14H2,1-2,4-7H3. The molecule has 0 unspecified atom stereocenters. The number of nitrogens with zero attached hydrogens (tertiary/aromatic N) is 2. The van der Waals surface area contributed by atoms with Crippen molar-refractivity contribution in [2.75, 3.05) is 4.90 Å². The first-order valence-corrected chi connectivity index (χ1v) is 10.5. The Morgan fingerprint density at radius 2 is 1.71 bits per heavy atom. The Kier molecular flexibility index (Phi) is 5.50. The van der Waals surface area contributed by atoms with E-state index in [1.165, 1.54) is 0 Å². The molecule has 0 spiro atoms. The van der Waals surface area contributed by atoms with Crippen molar-refractivity contribution in [3.05, 3.63) is 36.2 Å². The van der Waals surface area contributed by atoms with Gasteiger partial charge in [0.05, 0.1) is 0 Å². The van der Waals surface area contributed by atoms with Crippen LogP contribution in [0.25, 0.3) is 5.57 Å². The summed E-state index contributed by atoms with van der Waals surface area (Å²) in [6, 6.07) is 2.19. The van der Waals surface area contributed by atoms with E-state index in [0.717, 1.165) is 30.9 Å². The highest BCUT2D eigenvalue weighted by Crippen LogP contribution is 2.52. The summed E-state index contributed by atoms with van der Waals surface area (Å²) in [5.74, 6) is 0.636. The second kappa shape index (κ2) is 7.31. The first-order chi connectivity index (χ1) is 13.0. The molecule has 3 heterocycles. The van der Waals surface area contributed by atoms with Crippen LogP contribution in [0.3, 0.4) is 0 Å². The second-order valence-corrected chi connectivity index (χ2v) is 9.74. The van der Waals surface area contributed by atoms with Crippen molar-refractivity contribution < 1.29 is 8.78 Å². The Balaban J connectivity index is 2.07. The molecular weight excluding hydrogens is 353 g/mol. The third-order valence-corrected chi connectivity index (χ3v) is 7.42. The van der Waals surface area contributed by atoms with Crippen LogP contribution in [0.5, 0.6) is 0 Å². The fraction of sp³-hybridized carbons (Fsp3) is 0.609. The van der Waals surface area contributed by atoms with Crippen LogP contribution in [-0.4, -0.2) is 24.2 Å². The van der Waals surface area contributed by atoms with Gasteiger partial charge >= 0.3 is 0 Å². The van der Waals surface area contributed by atoms with Crippen LogP contribution in [0, 0.1) is 10.8 Å². The van der Waals surface area contributed by atoms with Crippen molar-refractivity contribution in [2.24, 2.45) is 10.8 Å². The van der Waals surface area contributed by atoms with Gasteiger partial charge in [-0.25, -0.2) is 13.8 Å². The number of hydrogen-bond donors (Lipinski definition) is 0. The highest BCUT2D eigenvalue weighted by atomic mass is 19.3. The van der Waals surface area contributed by atoms with Crippen LogP contribution in [0.2, 0.25) is 12.6 Å². The lowest BCUT2D eigenvalue weighted by Crippen LogP contribution is -2.38. The Bertz CT molecular complexity index is 778. The summed E-state index contributed by atoms with van der Waals surface area (Å²) in [4.78, 5) is 6.78. The fourth-order valence-electron chi connectivity index (χ4n) is 4.90. The zero-order valence-electron chi connectivity index (χ0n) is 18.1. The van der Waals surface area contributed by atoms with Crippen molar-refractivity contribution in [2.45, 2.75) is 79.5 Å². The Morgan fingerprint density at radius 3 is 2.21 bits per heavy atom. The molecule has 152 valence electrons. The van der Waals surface area contributed by atoms with Crippen LogP contribution < -0.4 is 10.4 Å². The third-order valence-electron chi connectivity index (χ3n) is 7.42. The molecule has 0 radical (unpaired) electrons. The molecule has 2 aliphatic rings. The molecule has 0 N–H and O–H groups in total. The normalized spacial score (nSPS) is 20.8. The molecule has 0 amide bonds. The molecule has 0 aliphatic carbocycles. The SMILES string of the molecule is C=C1C=C(C(F)F)c2cc(B3CC(C)(C)C(C)(C)C3)cnc2N1C(CC)CC. The molecule has 0 atom stereocenters. The fourth-order valence-corrected chi connectivity index (χ4v) is 4.90. The summed E-state index contributed by atoms with van der Waals surface area (Å²) in [6.07, 6.45) is 4.88. The lowest BCUT2D eigenvalue weighted by atomic mass is 9.42. The highest BCUT2D eigenvalue weighted by Gasteiger charge is 2.48. The van der Waals surface area contributed by atoms with E-state index in [1.807, 2.05) is 17.2 Å². The van der Waals surface area contributed by atoms with Gasteiger partial charge in [0, 0.05) is 29.1 Å². The van der Waals surface area contributed by atoms with Crippen molar-refractivity contribution in [1.29, 1.82) is 0 Å². The number of aromatic nitrogens is 1. The minimum atomic E-state index is -2.53. The van der Waals surface area contributed by atoms with Crippen LogP contribution in [-0.2, 0) is 0 Å². The maximum absolute atomic E-state index is 13.9. The molecule has 0 aromatic carbocycles. The van der Waals surface area contributed by atoms with Crippen LogP contribution in [0.15, 0.2) is 30.6 Å². The van der Waals surface area contributed by atoms with Gasteiger partial charge in [-0.15, -0.1) is 0 Å². The smallest absolute Gasteiger partial charge is 0.264 e. The van der Waals surface area contributed by atoms with Crippen LogP contribution in [0.4, 0.5) is 14.6 Å². The van der Waals surface area contributed by atoms with Gasteiger partial charge in [0.25, 0.3) is 6.43 Å². The number of fused-ring (bicyclic) bond motifs is 1. The number of anilines is 1. The number of halogens is 2. The molecular formula is C23H33BF2N2. The summed E-state index contributed by atoms with van der Waals surface area (Å²) in [7, 11) is 0. The first kappa shape index (κ1) is 21.1. The molecule has 2 nitrogen and oxygen atoms in total. The number of allylic oxidation sites excluding steroid dienone is 2. The van der Waals surface area contributed by atoms with E-state index >= 15 is 0 Å². The van der Waals surface area contributed by atoms with Gasteiger partial charge in [-0.05, 0) is 29.7 Å². The second-order valence-electron chi connectivity index (χ2n) is 9.74. The Hall–Kier alpha value is -1.65. The molecule has 28 heavy (non-hydrogen) atoms. The van der Waals surface area contributed by atoms with E-state index < -0.39 is 6.43 Å². The van der Waals surface area contributed by atoms with E-state index in [9.17, 15) is 8.78 Å². The summed E-state index contributed by atoms with van der Waals surface area (Å²) in [5, 5.41) is 0. The van der Waals surface area contributed by atoms with Crippen molar-refractivity contribution in [1.82, 2.24) is 4.98 Å². The number of hydrogen-bond acceptors (Lipinski definition) is 2. The molecule has 1 aromatic heterocycles. The average Bonchev–Trinajstić information content (AvgIpc) is 2.84. The van der Waals surface area contributed by atoms with Gasteiger partial charge in [0.1, 0.15) is 5.82 Å². The van der Waals surface area contributed by atoms with Gasteiger partial charge in [-0.3, -0.25) is 0 Å². The highest BCUT2D eigenvalue weighted by molar-refractivity contribution is 6.74. The molecule has 0 bridgehead atoms. The van der Waals surface area contributed by atoms with Crippen LogP contribution >= 0.6 is 0 Å². The van der Waals surface area contributed by atoms with Gasteiger partial charge in [-0.2, -0.15) is 0 Å². The Labute approximate surface area is 169 Å². The van der Waals surface area contributed by atoms with E-state index in [4.69, 9.17) is 4.98 Å². The molecule has 5 heteroatoms. The zero-order valence-corrected chi connectivity index (χ0v) is 18.1. The van der Waals surface area contributed by atoms with Crippen LogP contribution in [0.1, 0.15) is 59.9 Å². The monoisotopic (exact) mass is 386 g/mol. The van der Waals surface area contributed by atoms with Gasteiger partial charge in [-0.1, -0.05) is 72.3 Å². The van der Waals surface area contributed by atoms with Crippen molar-refractivity contribution >= 4 is 23.6 Å². The summed E-state index contributed by atoms with van der Waals surface area (Å²) >= 11 is 0. The number of rotatable bonds is 5. The molecule has 3 rings (SSSR count). The van der Waals surface area contributed by atoms with Gasteiger partial charge in [0.2, 0.25) is 0 Å². The predicted molar refractivity (Wildman–Crippen MR) is 117 cm³/mol. The lowest BCUT2D eigenvalue weighted by molar-refractivity contribution is 0.177. The van der Waals surface area contributed by atoms with E-state index in [-0.39, 0.29) is 22.4 Å². The third kappa shape index (κ3) is 3.42. The van der Waals surface area contributed by atoms with E-state index in [2.05, 4.69) is 48.1 Å².